The number of nitrogens with one attached hydrogen (secondary N) is 1. The van der Waals surface area contributed by atoms with E-state index in [-0.39, 0.29) is 15.6 Å². The standard InChI is InChI=1S/C18H14F4N2S/c1-10-7-8-12(9-11(10)2)23-17-24-16(18(20,21)22)15(25-17)13-5-3-4-6-14(13)19/h3-9H,1-2H3,(H,23,24). The number of rotatable bonds is 3. The average molecular weight is 366 g/mol. The van der Waals surface area contributed by atoms with Gasteiger partial charge in [-0.25, -0.2) is 9.37 Å². The van der Waals surface area contributed by atoms with Crippen molar-refractivity contribution in [2.75, 3.05) is 5.32 Å². The Kier molecular flexibility index (Phi) is 4.51. The number of thiazole rings is 1. The van der Waals surface area contributed by atoms with Crippen molar-refractivity contribution in [3.63, 3.8) is 0 Å². The van der Waals surface area contributed by atoms with Gasteiger partial charge in [0.2, 0.25) is 0 Å². The van der Waals surface area contributed by atoms with Crippen LogP contribution in [0.25, 0.3) is 10.4 Å². The van der Waals surface area contributed by atoms with Crippen LogP contribution in [0, 0.1) is 19.7 Å². The number of aromatic nitrogens is 1. The molecule has 0 fully saturated rings. The average Bonchev–Trinajstić information content (AvgIpc) is 2.95. The highest BCUT2D eigenvalue weighted by Crippen LogP contribution is 2.43. The van der Waals surface area contributed by atoms with Crippen molar-refractivity contribution in [2.45, 2.75) is 20.0 Å². The molecule has 0 aliphatic rings. The lowest BCUT2D eigenvalue weighted by Gasteiger charge is -2.06. The quantitative estimate of drug-likeness (QED) is 0.548. The Balaban J connectivity index is 2.05. The van der Waals surface area contributed by atoms with Gasteiger partial charge in [-0.2, -0.15) is 13.2 Å². The fourth-order valence-corrected chi connectivity index (χ4v) is 3.37. The van der Waals surface area contributed by atoms with Gasteiger partial charge in [0.05, 0.1) is 4.88 Å². The molecule has 130 valence electrons. The maximum absolute atomic E-state index is 14.0. The molecule has 25 heavy (non-hydrogen) atoms. The van der Waals surface area contributed by atoms with Gasteiger partial charge in [0, 0.05) is 11.3 Å². The number of hydrogen-bond donors (Lipinski definition) is 1. The topological polar surface area (TPSA) is 24.9 Å². The van der Waals surface area contributed by atoms with E-state index in [0.29, 0.717) is 5.69 Å². The molecule has 0 saturated heterocycles. The summed E-state index contributed by atoms with van der Waals surface area (Å²) in [6.07, 6.45) is -4.67. The Bertz CT molecular complexity index is 916. The van der Waals surface area contributed by atoms with Gasteiger partial charge in [-0.1, -0.05) is 35.6 Å². The summed E-state index contributed by atoms with van der Waals surface area (Å²) in [5.41, 5.74) is 1.51. The van der Waals surface area contributed by atoms with Crippen molar-refractivity contribution >= 4 is 22.2 Å². The first-order valence-corrected chi connectivity index (χ1v) is 8.24. The summed E-state index contributed by atoms with van der Waals surface area (Å²) < 4.78 is 54.0. The van der Waals surface area contributed by atoms with Crippen LogP contribution in [0.3, 0.4) is 0 Å². The molecule has 3 aromatic rings. The second-order valence-corrected chi connectivity index (χ2v) is 6.60. The third-order valence-electron chi connectivity index (χ3n) is 3.77. The molecular weight excluding hydrogens is 352 g/mol. The van der Waals surface area contributed by atoms with Crippen molar-refractivity contribution in [1.82, 2.24) is 4.98 Å². The van der Waals surface area contributed by atoms with E-state index in [2.05, 4.69) is 10.3 Å². The molecule has 0 radical (unpaired) electrons. The van der Waals surface area contributed by atoms with Crippen LogP contribution in [-0.4, -0.2) is 4.98 Å². The molecule has 7 heteroatoms. The monoisotopic (exact) mass is 366 g/mol. The third-order valence-corrected chi connectivity index (χ3v) is 4.78. The molecular formula is C18H14F4N2S. The van der Waals surface area contributed by atoms with Crippen molar-refractivity contribution in [3.8, 4) is 10.4 Å². The molecule has 0 amide bonds. The molecule has 3 rings (SSSR count). The van der Waals surface area contributed by atoms with E-state index in [1.165, 1.54) is 18.2 Å². The van der Waals surface area contributed by atoms with Crippen LogP contribution in [0.4, 0.5) is 28.4 Å². The van der Waals surface area contributed by atoms with Crippen LogP contribution < -0.4 is 5.32 Å². The zero-order valence-corrected chi connectivity index (χ0v) is 14.2. The first-order valence-electron chi connectivity index (χ1n) is 7.43. The first-order chi connectivity index (χ1) is 11.8. The van der Waals surface area contributed by atoms with Gasteiger partial charge in [-0.3, -0.25) is 0 Å². The largest absolute Gasteiger partial charge is 0.434 e. The van der Waals surface area contributed by atoms with E-state index in [9.17, 15) is 17.6 Å². The van der Waals surface area contributed by atoms with Crippen molar-refractivity contribution in [1.29, 1.82) is 0 Å². The Morgan fingerprint density at radius 1 is 1.00 bits per heavy atom. The lowest BCUT2D eigenvalue weighted by Crippen LogP contribution is -2.07. The smallest absolute Gasteiger partial charge is 0.332 e. The molecule has 0 aliphatic carbocycles. The number of hydrogen-bond acceptors (Lipinski definition) is 3. The molecule has 1 heterocycles. The highest BCUT2D eigenvalue weighted by molar-refractivity contribution is 7.19. The summed E-state index contributed by atoms with van der Waals surface area (Å²) in [6, 6.07) is 10.8. The second kappa shape index (κ2) is 6.48. The number of aryl methyl sites for hydroxylation is 2. The molecule has 1 N–H and O–H groups in total. The van der Waals surface area contributed by atoms with Crippen LogP contribution in [0.2, 0.25) is 0 Å². The number of halogens is 4. The Hall–Kier alpha value is -2.41. The van der Waals surface area contributed by atoms with E-state index in [1.807, 2.05) is 26.0 Å². The normalized spacial score (nSPS) is 11.6. The molecule has 0 aliphatic heterocycles. The molecule has 0 saturated carbocycles. The minimum atomic E-state index is -4.67. The van der Waals surface area contributed by atoms with Crippen LogP contribution >= 0.6 is 11.3 Å². The fraction of sp³-hybridized carbons (Fsp3) is 0.167. The van der Waals surface area contributed by atoms with E-state index in [0.717, 1.165) is 28.5 Å². The van der Waals surface area contributed by atoms with Crippen LogP contribution in [0.1, 0.15) is 16.8 Å². The van der Waals surface area contributed by atoms with Crippen molar-refractivity contribution in [2.24, 2.45) is 0 Å². The highest BCUT2D eigenvalue weighted by Gasteiger charge is 2.38. The maximum atomic E-state index is 14.0. The molecule has 0 bridgehead atoms. The summed E-state index contributed by atoms with van der Waals surface area (Å²) in [7, 11) is 0. The van der Waals surface area contributed by atoms with Gasteiger partial charge in [0.15, 0.2) is 10.8 Å². The van der Waals surface area contributed by atoms with Gasteiger partial charge < -0.3 is 5.32 Å². The fourth-order valence-electron chi connectivity index (χ4n) is 2.34. The summed E-state index contributed by atoms with van der Waals surface area (Å²) in [5.74, 6) is -0.714. The van der Waals surface area contributed by atoms with Gasteiger partial charge in [0.1, 0.15) is 5.82 Å². The predicted octanol–water partition coefficient (Wildman–Crippen LogP) is 6.33. The molecule has 2 nitrogen and oxygen atoms in total. The summed E-state index contributed by atoms with van der Waals surface area (Å²) in [6.45, 7) is 3.86. The summed E-state index contributed by atoms with van der Waals surface area (Å²) in [4.78, 5) is 3.42. The molecule has 0 unspecified atom stereocenters. The summed E-state index contributed by atoms with van der Waals surface area (Å²) >= 11 is 0.776. The van der Waals surface area contributed by atoms with E-state index >= 15 is 0 Å². The van der Waals surface area contributed by atoms with Crippen molar-refractivity contribution in [3.05, 3.63) is 65.1 Å². The summed E-state index contributed by atoms with van der Waals surface area (Å²) in [5, 5.41) is 2.94. The van der Waals surface area contributed by atoms with Gasteiger partial charge >= 0.3 is 6.18 Å². The molecule has 2 aromatic carbocycles. The lowest BCUT2D eigenvalue weighted by atomic mass is 10.1. The van der Waals surface area contributed by atoms with Gasteiger partial charge in [0.25, 0.3) is 0 Å². The van der Waals surface area contributed by atoms with Crippen LogP contribution in [0.15, 0.2) is 42.5 Å². The Morgan fingerprint density at radius 2 is 1.72 bits per heavy atom. The van der Waals surface area contributed by atoms with E-state index in [4.69, 9.17) is 0 Å². The van der Waals surface area contributed by atoms with E-state index < -0.39 is 17.7 Å². The lowest BCUT2D eigenvalue weighted by molar-refractivity contribution is -0.140. The van der Waals surface area contributed by atoms with Gasteiger partial charge in [-0.15, -0.1) is 0 Å². The van der Waals surface area contributed by atoms with E-state index in [1.54, 1.807) is 6.07 Å². The van der Waals surface area contributed by atoms with Crippen LogP contribution in [0.5, 0.6) is 0 Å². The second-order valence-electron chi connectivity index (χ2n) is 5.60. The SMILES string of the molecule is Cc1ccc(Nc2nc(C(F)(F)F)c(-c3ccccc3F)s2)cc1C. The molecule has 0 atom stereocenters. The Morgan fingerprint density at radius 3 is 2.36 bits per heavy atom. The number of alkyl halides is 3. The third kappa shape index (κ3) is 3.66. The maximum Gasteiger partial charge on any atom is 0.434 e. The minimum absolute atomic E-state index is 0.0637. The van der Waals surface area contributed by atoms with Crippen LogP contribution in [-0.2, 0) is 6.18 Å². The molecule has 0 spiro atoms. The molecule has 1 aromatic heterocycles. The zero-order chi connectivity index (χ0) is 18.2. The highest BCUT2D eigenvalue weighted by atomic mass is 32.1. The predicted molar refractivity (Wildman–Crippen MR) is 91.7 cm³/mol. The minimum Gasteiger partial charge on any atom is -0.332 e. The number of anilines is 2. The Labute approximate surface area is 146 Å². The van der Waals surface area contributed by atoms with Gasteiger partial charge in [-0.05, 0) is 43.2 Å². The first kappa shape index (κ1) is 17.4. The number of benzene rings is 2. The zero-order valence-electron chi connectivity index (χ0n) is 13.4. The van der Waals surface area contributed by atoms with Crippen molar-refractivity contribution < 1.29 is 17.6 Å². The number of nitrogens with zero attached hydrogens (tertiary/aromatic N) is 1.